The van der Waals surface area contributed by atoms with E-state index >= 15 is 0 Å². The third-order valence-electron chi connectivity index (χ3n) is 2.61. The van der Waals surface area contributed by atoms with Gasteiger partial charge in [-0.25, -0.2) is 4.98 Å². The number of methoxy groups -OCH3 is 1. The zero-order valence-electron chi connectivity index (χ0n) is 9.03. The third kappa shape index (κ3) is 2.30. The van der Waals surface area contributed by atoms with Gasteiger partial charge < -0.3 is 15.4 Å². The number of thiazole rings is 1. The molecular formula is C10H17N3OS. The van der Waals surface area contributed by atoms with Crippen LogP contribution < -0.4 is 10.6 Å². The van der Waals surface area contributed by atoms with Crippen molar-refractivity contribution in [2.24, 2.45) is 5.73 Å². The number of aromatic nitrogens is 1. The molecule has 0 unspecified atom stereocenters. The number of hydrogen-bond donors (Lipinski definition) is 1. The number of hydrogen-bond acceptors (Lipinski definition) is 5. The van der Waals surface area contributed by atoms with Crippen molar-refractivity contribution in [2.75, 3.05) is 25.1 Å². The van der Waals surface area contributed by atoms with Gasteiger partial charge in [0, 0.05) is 31.6 Å². The maximum Gasteiger partial charge on any atom is 0.185 e. The first-order valence-electron chi connectivity index (χ1n) is 5.27. The molecule has 4 nitrogen and oxygen atoms in total. The van der Waals surface area contributed by atoms with Crippen molar-refractivity contribution in [3.05, 3.63) is 10.6 Å². The lowest BCUT2D eigenvalue weighted by Crippen LogP contribution is -2.17. The van der Waals surface area contributed by atoms with Gasteiger partial charge in [0.05, 0.1) is 12.3 Å². The zero-order valence-corrected chi connectivity index (χ0v) is 9.85. The van der Waals surface area contributed by atoms with Crippen LogP contribution in [0.5, 0.6) is 0 Å². The van der Waals surface area contributed by atoms with Crippen molar-refractivity contribution in [3.8, 4) is 0 Å². The predicted molar refractivity (Wildman–Crippen MR) is 62.2 cm³/mol. The molecule has 0 amide bonds. The monoisotopic (exact) mass is 227 g/mol. The molecule has 1 aliphatic heterocycles. The molecule has 0 aromatic carbocycles. The molecule has 84 valence electrons. The first-order chi connectivity index (χ1) is 7.35. The smallest absolute Gasteiger partial charge is 0.185 e. The maximum atomic E-state index is 5.69. The Balaban J connectivity index is 2.17. The van der Waals surface area contributed by atoms with E-state index in [4.69, 9.17) is 10.5 Å². The van der Waals surface area contributed by atoms with E-state index in [1.54, 1.807) is 18.4 Å². The SMILES string of the molecule is COCc1nc(N2CCCC2)sc1CN. The summed E-state index contributed by atoms with van der Waals surface area (Å²) in [6.45, 7) is 3.38. The molecule has 2 heterocycles. The van der Waals surface area contributed by atoms with E-state index in [-0.39, 0.29) is 0 Å². The highest BCUT2D eigenvalue weighted by atomic mass is 32.1. The Hall–Kier alpha value is -0.650. The molecule has 0 aliphatic carbocycles. The van der Waals surface area contributed by atoms with E-state index in [0.717, 1.165) is 28.8 Å². The first-order valence-corrected chi connectivity index (χ1v) is 6.09. The Labute approximate surface area is 94.1 Å². The van der Waals surface area contributed by atoms with E-state index in [1.165, 1.54) is 12.8 Å². The Kier molecular flexibility index (Phi) is 3.56. The molecule has 2 N–H and O–H groups in total. The number of nitrogens with zero attached hydrogens (tertiary/aromatic N) is 2. The maximum absolute atomic E-state index is 5.69. The number of anilines is 1. The van der Waals surface area contributed by atoms with Crippen LogP contribution in [0.3, 0.4) is 0 Å². The summed E-state index contributed by atoms with van der Waals surface area (Å²) in [7, 11) is 1.69. The second kappa shape index (κ2) is 4.92. The summed E-state index contributed by atoms with van der Waals surface area (Å²) in [6, 6.07) is 0. The Morgan fingerprint density at radius 3 is 2.80 bits per heavy atom. The van der Waals surface area contributed by atoms with Gasteiger partial charge in [-0.05, 0) is 12.8 Å². The van der Waals surface area contributed by atoms with Crippen LogP contribution in [0.15, 0.2) is 0 Å². The average Bonchev–Trinajstić information content (AvgIpc) is 2.84. The molecule has 5 heteroatoms. The van der Waals surface area contributed by atoms with E-state index in [0.29, 0.717) is 13.2 Å². The lowest BCUT2D eigenvalue weighted by atomic mass is 10.4. The highest BCUT2D eigenvalue weighted by molar-refractivity contribution is 7.15. The normalized spacial score (nSPS) is 16.3. The second-order valence-corrected chi connectivity index (χ2v) is 4.76. The van der Waals surface area contributed by atoms with E-state index in [2.05, 4.69) is 9.88 Å². The van der Waals surface area contributed by atoms with Crippen molar-refractivity contribution in [2.45, 2.75) is 26.0 Å². The Bertz CT molecular complexity index is 320. The third-order valence-corrected chi connectivity index (χ3v) is 3.79. The Morgan fingerprint density at radius 1 is 1.47 bits per heavy atom. The predicted octanol–water partition coefficient (Wildman–Crippen LogP) is 1.35. The summed E-state index contributed by atoms with van der Waals surface area (Å²) < 4.78 is 5.12. The van der Waals surface area contributed by atoms with Crippen molar-refractivity contribution in [3.63, 3.8) is 0 Å². The van der Waals surface area contributed by atoms with Gasteiger partial charge in [0.2, 0.25) is 0 Å². The van der Waals surface area contributed by atoms with Crippen LogP contribution in [-0.2, 0) is 17.9 Å². The summed E-state index contributed by atoms with van der Waals surface area (Å²) in [6.07, 6.45) is 2.55. The van der Waals surface area contributed by atoms with E-state index in [1.807, 2.05) is 0 Å². The molecule has 0 bridgehead atoms. The van der Waals surface area contributed by atoms with Crippen LogP contribution in [0.1, 0.15) is 23.4 Å². The quantitative estimate of drug-likeness (QED) is 0.843. The van der Waals surface area contributed by atoms with Crippen molar-refractivity contribution >= 4 is 16.5 Å². The van der Waals surface area contributed by atoms with Gasteiger partial charge in [-0.3, -0.25) is 0 Å². The molecule has 0 atom stereocenters. The summed E-state index contributed by atoms with van der Waals surface area (Å²) in [5.74, 6) is 0. The molecule has 1 aromatic heterocycles. The molecular weight excluding hydrogens is 210 g/mol. The van der Waals surface area contributed by atoms with Crippen molar-refractivity contribution < 1.29 is 4.74 Å². The van der Waals surface area contributed by atoms with Gasteiger partial charge in [-0.2, -0.15) is 0 Å². The highest BCUT2D eigenvalue weighted by Gasteiger charge is 2.18. The summed E-state index contributed by atoms with van der Waals surface area (Å²) >= 11 is 1.71. The molecule has 0 radical (unpaired) electrons. The van der Waals surface area contributed by atoms with Crippen LogP contribution in [0, 0.1) is 0 Å². The minimum absolute atomic E-state index is 0.560. The summed E-state index contributed by atoms with van der Waals surface area (Å²) in [4.78, 5) is 8.08. The number of nitrogens with two attached hydrogens (primary N) is 1. The largest absolute Gasteiger partial charge is 0.378 e. The number of ether oxygens (including phenoxy) is 1. The fraction of sp³-hybridized carbons (Fsp3) is 0.700. The minimum Gasteiger partial charge on any atom is -0.378 e. The van der Waals surface area contributed by atoms with Gasteiger partial charge in [-0.15, -0.1) is 11.3 Å². The van der Waals surface area contributed by atoms with Crippen LogP contribution in [0.2, 0.25) is 0 Å². The van der Waals surface area contributed by atoms with Crippen LogP contribution in [-0.4, -0.2) is 25.2 Å². The van der Waals surface area contributed by atoms with Gasteiger partial charge in [-0.1, -0.05) is 0 Å². The van der Waals surface area contributed by atoms with Crippen LogP contribution in [0.4, 0.5) is 5.13 Å². The molecule has 0 spiro atoms. The average molecular weight is 227 g/mol. The minimum atomic E-state index is 0.560. The fourth-order valence-electron chi connectivity index (χ4n) is 1.82. The van der Waals surface area contributed by atoms with Crippen LogP contribution >= 0.6 is 11.3 Å². The molecule has 0 saturated carbocycles. The molecule has 1 aromatic rings. The molecule has 1 fully saturated rings. The molecule has 15 heavy (non-hydrogen) atoms. The number of rotatable bonds is 4. The van der Waals surface area contributed by atoms with Gasteiger partial charge in [0.1, 0.15) is 0 Å². The van der Waals surface area contributed by atoms with E-state index < -0.39 is 0 Å². The summed E-state index contributed by atoms with van der Waals surface area (Å²) in [5, 5.41) is 1.11. The van der Waals surface area contributed by atoms with Gasteiger partial charge in [0.15, 0.2) is 5.13 Å². The molecule has 1 aliphatic rings. The van der Waals surface area contributed by atoms with Gasteiger partial charge in [0.25, 0.3) is 0 Å². The highest BCUT2D eigenvalue weighted by Crippen LogP contribution is 2.28. The fourth-order valence-corrected chi connectivity index (χ4v) is 2.82. The zero-order chi connectivity index (χ0) is 10.7. The topological polar surface area (TPSA) is 51.4 Å². The standard InChI is InChI=1S/C10H17N3OS/c1-14-7-8-9(6-11)15-10(12-8)13-4-2-3-5-13/h2-7,11H2,1H3. The lowest BCUT2D eigenvalue weighted by Gasteiger charge is -2.12. The van der Waals surface area contributed by atoms with E-state index in [9.17, 15) is 0 Å². The lowest BCUT2D eigenvalue weighted by molar-refractivity contribution is 0.181. The molecule has 1 saturated heterocycles. The van der Waals surface area contributed by atoms with Crippen molar-refractivity contribution in [1.29, 1.82) is 0 Å². The van der Waals surface area contributed by atoms with Gasteiger partial charge >= 0.3 is 0 Å². The summed E-state index contributed by atoms with van der Waals surface area (Å²) in [5.41, 5.74) is 6.70. The van der Waals surface area contributed by atoms with Crippen molar-refractivity contribution in [1.82, 2.24) is 4.98 Å². The van der Waals surface area contributed by atoms with Crippen LogP contribution in [0.25, 0.3) is 0 Å². The second-order valence-electron chi connectivity index (χ2n) is 3.70. The molecule has 2 rings (SSSR count). The Morgan fingerprint density at radius 2 is 2.20 bits per heavy atom. The first kappa shape index (κ1) is 10.9.